The third-order valence-corrected chi connectivity index (χ3v) is 8.02. The molecule has 0 saturated heterocycles. The zero-order valence-electron chi connectivity index (χ0n) is 22.1. The molecule has 0 amide bonds. The third kappa shape index (κ3) is 7.32. The van der Waals surface area contributed by atoms with Crippen molar-refractivity contribution in [3.8, 4) is 16.9 Å². The predicted octanol–water partition coefficient (Wildman–Crippen LogP) is 9.38. The number of carbonyl (C=O) groups excluding carboxylic acids is 1. The Kier molecular flexibility index (Phi) is 9.78. The van der Waals surface area contributed by atoms with Gasteiger partial charge in [-0.15, -0.1) is 0 Å². The number of hydrogen-bond donors (Lipinski definition) is 0. The Balaban J connectivity index is 1.22. The van der Waals surface area contributed by atoms with E-state index in [0.717, 1.165) is 31.6 Å². The number of hydrogen-bond acceptors (Lipinski definition) is 2. The minimum absolute atomic E-state index is 0.0536. The molecular formula is C34H42O2. The van der Waals surface area contributed by atoms with Crippen molar-refractivity contribution in [3.05, 3.63) is 90.0 Å². The lowest BCUT2D eigenvalue weighted by molar-refractivity contribution is -0.139. The molecule has 0 aliphatic heterocycles. The molecule has 0 spiro atoms. The summed E-state index contributed by atoms with van der Waals surface area (Å²) in [5.41, 5.74) is 5.20. The molecule has 36 heavy (non-hydrogen) atoms. The van der Waals surface area contributed by atoms with Crippen molar-refractivity contribution >= 4 is 5.97 Å². The summed E-state index contributed by atoms with van der Waals surface area (Å²) in [6, 6.07) is 27.6. The van der Waals surface area contributed by atoms with Crippen LogP contribution >= 0.6 is 0 Å². The first kappa shape index (κ1) is 26.2. The first-order valence-corrected chi connectivity index (χ1v) is 14.1. The molecule has 0 radical (unpaired) electrons. The fraction of sp³-hybridized carbons (Fsp3) is 0.441. The highest BCUT2D eigenvalue weighted by molar-refractivity contribution is 5.75. The molecule has 4 rings (SSSR count). The van der Waals surface area contributed by atoms with Crippen LogP contribution in [-0.2, 0) is 11.2 Å². The van der Waals surface area contributed by atoms with Crippen molar-refractivity contribution in [1.82, 2.24) is 0 Å². The van der Waals surface area contributed by atoms with E-state index < -0.39 is 0 Å². The van der Waals surface area contributed by atoms with E-state index in [4.69, 9.17) is 4.74 Å². The first-order chi connectivity index (χ1) is 17.7. The quantitative estimate of drug-likeness (QED) is 0.201. The molecule has 2 nitrogen and oxygen atoms in total. The highest BCUT2D eigenvalue weighted by Gasteiger charge is 2.22. The average molecular weight is 483 g/mol. The van der Waals surface area contributed by atoms with Crippen LogP contribution < -0.4 is 4.74 Å². The fourth-order valence-electron chi connectivity index (χ4n) is 5.74. The Morgan fingerprint density at radius 2 is 1.50 bits per heavy atom. The molecule has 3 aromatic rings. The van der Waals surface area contributed by atoms with E-state index in [1.54, 1.807) is 0 Å². The predicted molar refractivity (Wildman–Crippen MR) is 150 cm³/mol. The van der Waals surface area contributed by atoms with Gasteiger partial charge < -0.3 is 4.74 Å². The van der Waals surface area contributed by atoms with Gasteiger partial charge in [-0.25, -0.2) is 0 Å². The van der Waals surface area contributed by atoms with Gasteiger partial charge in [0.15, 0.2) is 0 Å². The van der Waals surface area contributed by atoms with Crippen molar-refractivity contribution < 1.29 is 9.53 Å². The van der Waals surface area contributed by atoms with Gasteiger partial charge in [0.05, 0.1) is 5.92 Å². The van der Waals surface area contributed by atoms with Gasteiger partial charge >= 0.3 is 5.97 Å². The van der Waals surface area contributed by atoms with Crippen molar-refractivity contribution in [2.75, 3.05) is 0 Å². The van der Waals surface area contributed by atoms with Gasteiger partial charge in [0.2, 0.25) is 0 Å². The third-order valence-electron chi connectivity index (χ3n) is 8.02. The topological polar surface area (TPSA) is 26.3 Å². The maximum atomic E-state index is 12.8. The molecule has 0 N–H and O–H groups in total. The molecule has 0 heterocycles. The van der Waals surface area contributed by atoms with Gasteiger partial charge in [-0.1, -0.05) is 93.4 Å². The lowest BCUT2D eigenvalue weighted by atomic mass is 9.77. The maximum absolute atomic E-state index is 12.8. The zero-order valence-corrected chi connectivity index (χ0v) is 22.1. The zero-order chi connectivity index (χ0) is 25.2. The van der Waals surface area contributed by atoms with Crippen LogP contribution in [-0.4, -0.2) is 5.97 Å². The van der Waals surface area contributed by atoms with Crippen LogP contribution in [0, 0.1) is 11.8 Å². The molecule has 0 aromatic heterocycles. The number of ether oxygens (including phenoxy) is 1. The minimum atomic E-state index is -0.0928. The van der Waals surface area contributed by atoms with Crippen molar-refractivity contribution in [2.24, 2.45) is 11.8 Å². The van der Waals surface area contributed by atoms with Crippen molar-refractivity contribution in [1.29, 1.82) is 0 Å². The second-order valence-corrected chi connectivity index (χ2v) is 10.6. The minimum Gasteiger partial charge on any atom is -0.426 e. The van der Waals surface area contributed by atoms with E-state index in [2.05, 4.69) is 74.5 Å². The Hall–Kier alpha value is -2.87. The molecule has 1 unspecified atom stereocenters. The van der Waals surface area contributed by atoms with Gasteiger partial charge in [0.1, 0.15) is 5.75 Å². The van der Waals surface area contributed by atoms with Crippen LogP contribution in [0.2, 0.25) is 0 Å². The van der Waals surface area contributed by atoms with Crippen molar-refractivity contribution in [3.63, 3.8) is 0 Å². The van der Waals surface area contributed by atoms with Gasteiger partial charge in [-0.2, -0.15) is 0 Å². The van der Waals surface area contributed by atoms with Crippen molar-refractivity contribution in [2.45, 2.75) is 84.0 Å². The summed E-state index contributed by atoms with van der Waals surface area (Å²) in [6.45, 7) is 4.37. The number of carbonyl (C=O) groups is 1. The summed E-state index contributed by atoms with van der Waals surface area (Å²) < 4.78 is 5.79. The molecule has 1 saturated carbocycles. The summed E-state index contributed by atoms with van der Waals surface area (Å²) in [7, 11) is 0. The summed E-state index contributed by atoms with van der Waals surface area (Å²) in [5.74, 6) is 2.12. The summed E-state index contributed by atoms with van der Waals surface area (Å²) in [4.78, 5) is 12.8. The standard InChI is InChI=1S/C34H42O2/c1-3-9-26-14-18-31(19-15-26)32-22-24-33(25-23-32)36-34(35)28(4-2)13-8-10-27-16-20-30(21-17-27)29-11-6-5-7-12-29/h5-7,11-12,16-17,20-26,28,31H,3-4,8-10,13-15,18-19H2,1-2H3. The normalized spacial score (nSPS) is 18.5. The number of aryl methyl sites for hydroxylation is 1. The number of rotatable bonds is 11. The van der Waals surface area contributed by atoms with Crippen LogP contribution in [0.1, 0.15) is 88.7 Å². The van der Waals surface area contributed by atoms with E-state index in [1.807, 2.05) is 18.2 Å². The van der Waals surface area contributed by atoms with Crippen LogP contribution in [0.3, 0.4) is 0 Å². The summed E-state index contributed by atoms with van der Waals surface area (Å²) in [5, 5.41) is 0. The Labute approximate surface area is 218 Å². The molecule has 0 bridgehead atoms. The molecule has 190 valence electrons. The summed E-state index contributed by atoms with van der Waals surface area (Å²) in [6.07, 6.45) is 11.6. The Bertz CT molecular complexity index is 1040. The Morgan fingerprint density at radius 3 is 2.14 bits per heavy atom. The highest BCUT2D eigenvalue weighted by Crippen LogP contribution is 2.38. The highest BCUT2D eigenvalue weighted by atomic mass is 16.5. The van der Waals surface area contributed by atoms with E-state index in [0.29, 0.717) is 11.7 Å². The SMILES string of the molecule is CCCC1CCC(c2ccc(OC(=O)C(CC)CCCc3ccc(-c4ccccc4)cc3)cc2)CC1. The second kappa shape index (κ2) is 13.4. The molecule has 3 aromatic carbocycles. The van der Waals surface area contributed by atoms with Gasteiger partial charge in [0.25, 0.3) is 0 Å². The average Bonchev–Trinajstić information content (AvgIpc) is 2.93. The van der Waals surface area contributed by atoms with Gasteiger partial charge in [0, 0.05) is 0 Å². The molecule has 1 aliphatic rings. The van der Waals surface area contributed by atoms with E-state index >= 15 is 0 Å². The van der Waals surface area contributed by atoms with E-state index in [1.165, 1.54) is 60.8 Å². The second-order valence-electron chi connectivity index (χ2n) is 10.6. The molecule has 2 heteroatoms. The van der Waals surface area contributed by atoms with Crippen LogP contribution in [0.5, 0.6) is 5.75 Å². The fourth-order valence-corrected chi connectivity index (χ4v) is 5.74. The smallest absolute Gasteiger partial charge is 0.314 e. The lowest BCUT2D eigenvalue weighted by Gasteiger charge is -2.28. The van der Waals surface area contributed by atoms with Crippen LogP contribution in [0.25, 0.3) is 11.1 Å². The van der Waals surface area contributed by atoms with Gasteiger partial charge in [-0.05, 0) is 97.6 Å². The number of esters is 1. The lowest BCUT2D eigenvalue weighted by Crippen LogP contribution is -2.20. The van der Waals surface area contributed by atoms with E-state index in [-0.39, 0.29) is 11.9 Å². The monoisotopic (exact) mass is 482 g/mol. The molecule has 1 aliphatic carbocycles. The largest absolute Gasteiger partial charge is 0.426 e. The summed E-state index contributed by atoms with van der Waals surface area (Å²) >= 11 is 0. The maximum Gasteiger partial charge on any atom is 0.314 e. The molecule has 1 atom stereocenters. The molecular weight excluding hydrogens is 440 g/mol. The number of benzene rings is 3. The van der Waals surface area contributed by atoms with Gasteiger partial charge in [-0.3, -0.25) is 4.79 Å². The van der Waals surface area contributed by atoms with E-state index in [9.17, 15) is 4.79 Å². The van der Waals surface area contributed by atoms with Crippen LogP contribution in [0.4, 0.5) is 0 Å². The molecule has 1 fully saturated rings. The van der Waals surface area contributed by atoms with Crippen LogP contribution in [0.15, 0.2) is 78.9 Å². The Morgan fingerprint density at radius 1 is 0.833 bits per heavy atom. The first-order valence-electron chi connectivity index (χ1n) is 14.1.